The second-order valence-corrected chi connectivity index (χ2v) is 3.81. The van der Waals surface area contributed by atoms with Crippen molar-refractivity contribution in [1.82, 2.24) is 0 Å². The third-order valence-corrected chi connectivity index (χ3v) is 1.44. The van der Waals surface area contributed by atoms with Gasteiger partial charge in [0.1, 0.15) is 6.54 Å². The van der Waals surface area contributed by atoms with E-state index in [0.717, 1.165) is 0 Å². The number of quaternary nitrogens is 1. The van der Waals surface area contributed by atoms with Gasteiger partial charge >= 0.3 is 0 Å². The molecule has 0 amide bonds. The van der Waals surface area contributed by atoms with Gasteiger partial charge in [-0.05, 0) is 0 Å². The van der Waals surface area contributed by atoms with E-state index in [1.54, 1.807) is 6.92 Å². The Kier molecular flexibility index (Phi) is 3.69. The predicted octanol–water partition coefficient (Wildman–Crippen LogP) is 0.0326. The fraction of sp³-hybridized carbons (Fsp3) is 0.875. The lowest BCUT2D eigenvalue weighted by Crippen LogP contribution is -2.44. The van der Waals surface area contributed by atoms with Gasteiger partial charge in [0.25, 0.3) is 0 Å². The average Bonchev–Trinajstić information content (AvgIpc) is 1.82. The van der Waals surface area contributed by atoms with Crippen molar-refractivity contribution in [1.29, 1.82) is 0 Å². The SMILES string of the molecule is CCC(=O)C(O)C[N+](C)(C)C. The number of likely N-dealkylation sites (N-methyl/N-ethyl adjacent to an activating group) is 1. The molecule has 0 aliphatic heterocycles. The highest BCUT2D eigenvalue weighted by atomic mass is 16.3. The molecule has 0 bridgehead atoms. The molecule has 0 fully saturated rings. The van der Waals surface area contributed by atoms with Crippen LogP contribution in [0.2, 0.25) is 0 Å². The largest absolute Gasteiger partial charge is 0.380 e. The normalized spacial score (nSPS) is 14.6. The first-order chi connectivity index (χ1) is 4.87. The molecule has 0 aliphatic carbocycles. The van der Waals surface area contributed by atoms with E-state index in [4.69, 9.17) is 0 Å². The molecule has 3 nitrogen and oxygen atoms in total. The Hall–Kier alpha value is -0.410. The minimum Gasteiger partial charge on any atom is -0.380 e. The summed E-state index contributed by atoms with van der Waals surface area (Å²) in [5.74, 6) is -0.0712. The summed E-state index contributed by atoms with van der Waals surface area (Å²) in [5, 5.41) is 9.29. The van der Waals surface area contributed by atoms with E-state index in [1.165, 1.54) is 0 Å². The first-order valence-corrected chi connectivity index (χ1v) is 3.88. The minimum absolute atomic E-state index is 0.0712. The van der Waals surface area contributed by atoms with Crippen molar-refractivity contribution in [2.24, 2.45) is 0 Å². The number of hydrogen-bond donors (Lipinski definition) is 1. The van der Waals surface area contributed by atoms with Crippen LogP contribution in [0, 0.1) is 0 Å². The van der Waals surface area contributed by atoms with Gasteiger partial charge in [0.05, 0.1) is 21.1 Å². The summed E-state index contributed by atoms with van der Waals surface area (Å²) in [6.07, 6.45) is -0.374. The Morgan fingerprint density at radius 2 is 1.91 bits per heavy atom. The summed E-state index contributed by atoms with van der Waals surface area (Å²) in [6, 6.07) is 0. The van der Waals surface area contributed by atoms with Crippen LogP contribution in [0.4, 0.5) is 0 Å². The number of hydrogen-bond acceptors (Lipinski definition) is 2. The molecular weight excluding hydrogens is 142 g/mol. The predicted molar refractivity (Wildman–Crippen MR) is 44.2 cm³/mol. The minimum atomic E-state index is -0.792. The van der Waals surface area contributed by atoms with E-state index >= 15 is 0 Å². The molecule has 0 rings (SSSR count). The number of nitrogens with zero attached hydrogens (tertiary/aromatic N) is 1. The number of aliphatic hydroxyl groups is 1. The molecule has 0 aromatic heterocycles. The van der Waals surface area contributed by atoms with Crippen molar-refractivity contribution < 1.29 is 14.4 Å². The van der Waals surface area contributed by atoms with Crippen LogP contribution in [-0.2, 0) is 4.79 Å². The Labute approximate surface area is 68.2 Å². The number of ketones is 1. The maximum atomic E-state index is 10.9. The molecular formula is C8H18NO2+. The van der Waals surface area contributed by atoms with E-state index in [2.05, 4.69) is 0 Å². The molecule has 0 saturated carbocycles. The molecule has 0 saturated heterocycles. The van der Waals surface area contributed by atoms with Crippen molar-refractivity contribution in [3.8, 4) is 0 Å². The summed E-state index contributed by atoms with van der Waals surface area (Å²) in [6.45, 7) is 2.26. The van der Waals surface area contributed by atoms with Crippen LogP contribution < -0.4 is 0 Å². The molecule has 1 atom stereocenters. The molecule has 0 spiro atoms. The van der Waals surface area contributed by atoms with Crippen LogP contribution >= 0.6 is 0 Å². The number of rotatable bonds is 4. The van der Waals surface area contributed by atoms with E-state index in [0.29, 0.717) is 17.4 Å². The number of carbonyl (C=O) groups is 1. The van der Waals surface area contributed by atoms with Crippen molar-refractivity contribution in [2.75, 3.05) is 27.7 Å². The molecule has 1 unspecified atom stereocenters. The maximum absolute atomic E-state index is 10.9. The second kappa shape index (κ2) is 3.83. The monoisotopic (exact) mass is 160 g/mol. The van der Waals surface area contributed by atoms with Crippen molar-refractivity contribution in [3.05, 3.63) is 0 Å². The number of carbonyl (C=O) groups excluding carboxylic acids is 1. The fourth-order valence-electron chi connectivity index (χ4n) is 0.856. The summed E-state index contributed by atoms with van der Waals surface area (Å²) in [4.78, 5) is 10.9. The summed E-state index contributed by atoms with van der Waals surface area (Å²) in [5.41, 5.74) is 0. The molecule has 0 aromatic rings. The van der Waals surface area contributed by atoms with Crippen LogP contribution in [0.5, 0.6) is 0 Å². The lowest BCUT2D eigenvalue weighted by molar-refractivity contribution is -0.872. The van der Waals surface area contributed by atoms with Crippen LogP contribution in [0.15, 0.2) is 0 Å². The number of Topliss-reactive ketones (excluding diaryl/α,β-unsaturated/α-hetero) is 1. The van der Waals surface area contributed by atoms with Crippen LogP contribution in [-0.4, -0.2) is 49.2 Å². The zero-order valence-corrected chi connectivity index (χ0v) is 7.79. The van der Waals surface area contributed by atoms with Crippen LogP contribution in [0.1, 0.15) is 13.3 Å². The van der Waals surface area contributed by atoms with Gasteiger partial charge in [-0.3, -0.25) is 4.79 Å². The maximum Gasteiger partial charge on any atom is 0.166 e. The molecule has 66 valence electrons. The van der Waals surface area contributed by atoms with Gasteiger partial charge in [-0.15, -0.1) is 0 Å². The van der Waals surface area contributed by atoms with E-state index < -0.39 is 6.10 Å². The third-order valence-electron chi connectivity index (χ3n) is 1.44. The topological polar surface area (TPSA) is 37.3 Å². The van der Waals surface area contributed by atoms with E-state index in [9.17, 15) is 9.90 Å². The van der Waals surface area contributed by atoms with Gasteiger partial charge in [0.2, 0.25) is 0 Å². The molecule has 1 N–H and O–H groups in total. The van der Waals surface area contributed by atoms with Gasteiger partial charge in [-0.1, -0.05) is 6.92 Å². The third kappa shape index (κ3) is 4.93. The molecule has 3 heteroatoms. The van der Waals surface area contributed by atoms with E-state index in [-0.39, 0.29) is 5.78 Å². The zero-order chi connectivity index (χ0) is 9.07. The lowest BCUT2D eigenvalue weighted by Gasteiger charge is -2.25. The molecule has 0 heterocycles. The Bertz CT molecular complexity index is 138. The average molecular weight is 160 g/mol. The second-order valence-electron chi connectivity index (χ2n) is 3.81. The highest BCUT2D eigenvalue weighted by Crippen LogP contribution is 1.97. The lowest BCUT2D eigenvalue weighted by atomic mass is 10.2. The van der Waals surface area contributed by atoms with Crippen LogP contribution in [0.3, 0.4) is 0 Å². The molecule has 0 aliphatic rings. The zero-order valence-electron chi connectivity index (χ0n) is 7.79. The first kappa shape index (κ1) is 10.6. The summed E-state index contributed by atoms with van der Waals surface area (Å²) < 4.78 is 0.618. The van der Waals surface area contributed by atoms with Crippen molar-refractivity contribution in [3.63, 3.8) is 0 Å². The highest BCUT2D eigenvalue weighted by Gasteiger charge is 2.20. The molecule has 11 heavy (non-hydrogen) atoms. The quantitative estimate of drug-likeness (QED) is 0.589. The standard InChI is InChI=1S/C8H18NO2/c1-5-7(10)8(11)6-9(2,3)4/h8,11H,5-6H2,1-4H3/q+1. The van der Waals surface area contributed by atoms with Gasteiger partial charge < -0.3 is 9.59 Å². The molecule has 0 radical (unpaired) electrons. The Morgan fingerprint density at radius 3 is 2.18 bits per heavy atom. The Balaban J connectivity index is 3.87. The Morgan fingerprint density at radius 1 is 1.45 bits per heavy atom. The van der Waals surface area contributed by atoms with Gasteiger partial charge in [-0.25, -0.2) is 0 Å². The van der Waals surface area contributed by atoms with Crippen LogP contribution in [0.25, 0.3) is 0 Å². The summed E-state index contributed by atoms with van der Waals surface area (Å²) in [7, 11) is 5.85. The van der Waals surface area contributed by atoms with Crippen molar-refractivity contribution >= 4 is 5.78 Å². The van der Waals surface area contributed by atoms with Gasteiger partial charge in [0.15, 0.2) is 11.9 Å². The number of aliphatic hydroxyl groups excluding tert-OH is 1. The molecule has 0 aromatic carbocycles. The summed E-state index contributed by atoms with van der Waals surface area (Å²) >= 11 is 0. The van der Waals surface area contributed by atoms with Crippen molar-refractivity contribution in [2.45, 2.75) is 19.4 Å². The smallest absolute Gasteiger partial charge is 0.166 e. The van der Waals surface area contributed by atoms with Gasteiger partial charge in [-0.2, -0.15) is 0 Å². The highest BCUT2D eigenvalue weighted by molar-refractivity contribution is 5.82. The van der Waals surface area contributed by atoms with Gasteiger partial charge in [0, 0.05) is 6.42 Å². The first-order valence-electron chi connectivity index (χ1n) is 3.88. The fourth-order valence-corrected chi connectivity index (χ4v) is 0.856. The van der Waals surface area contributed by atoms with E-state index in [1.807, 2.05) is 21.1 Å².